The fourth-order valence-corrected chi connectivity index (χ4v) is 1.15. The van der Waals surface area contributed by atoms with Crippen molar-refractivity contribution in [2.75, 3.05) is 0 Å². The van der Waals surface area contributed by atoms with Crippen molar-refractivity contribution in [2.45, 2.75) is 0 Å². The summed E-state index contributed by atoms with van der Waals surface area (Å²) in [5, 5.41) is 0.410. The summed E-state index contributed by atoms with van der Waals surface area (Å²) in [5.41, 5.74) is 0.781. The molecule has 0 radical (unpaired) electrons. The first-order valence-corrected chi connectivity index (χ1v) is 4.55. The van der Waals surface area contributed by atoms with Gasteiger partial charge in [0.25, 0.3) is 0 Å². The van der Waals surface area contributed by atoms with Crippen LogP contribution in [0.3, 0.4) is 0 Å². The highest BCUT2D eigenvalue weighted by atomic mass is 35.5. The summed E-state index contributed by atoms with van der Waals surface area (Å²) >= 11 is 16.6. The van der Waals surface area contributed by atoms with Gasteiger partial charge in [-0.1, -0.05) is 35.3 Å². The van der Waals surface area contributed by atoms with E-state index < -0.39 is 5.24 Å². The highest BCUT2D eigenvalue weighted by Gasteiger charge is 1.96. The molecule has 1 rings (SSSR count). The van der Waals surface area contributed by atoms with Crippen molar-refractivity contribution < 1.29 is 4.79 Å². The first-order chi connectivity index (χ1) is 6.09. The van der Waals surface area contributed by atoms with Crippen LogP contribution in [-0.2, 0) is 4.79 Å². The van der Waals surface area contributed by atoms with Crippen LogP contribution in [-0.4, -0.2) is 5.24 Å². The van der Waals surface area contributed by atoms with Gasteiger partial charge in [-0.2, -0.15) is 0 Å². The molecule has 0 aliphatic heterocycles. The summed E-state index contributed by atoms with van der Waals surface area (Å²) in [4.78, 5) is 10.4. The molecule has 0 heterocycles. The second-order valence-corrected chi connectivity index (χ2v) is 3.50. The van der Waals surface area contributed by atoms with Crippen molar-refractivity contribution in [1.29, 1.82) is 0 Å². The van der Waals surface area contributed by atoms with Crippen LogP contribution >= 0.6 is 34.8 Å². The lowest BCUT2D eigenvalue weighted by molar-refractivity contribution is -0.107. The van der Waals surface area contributed by atoms with Crippen LogP contribution in [0.5, 0.6) is 0 Å². The number of benzene rings is 1. The number of hydrogen-bond acceptors (Lipinski definition) is 1. The van der Waals surface area contributed by atoms with Crippen LogP contribution in [0.25, 0.3) is 6.08 Å². The predicted octanol–water partition coefficient (Wildman–Crippen LogP) is 3.77. The quantitative estimate of drug-likeness (QED) is 0.563. The molecule has 0 bridgehead atoms. The van der Waals surface area contributed by atoms with Crippen molar-refractivity contribution in [1.82, 2.24) is 0 Å². The Morgan fingerprint density at radius 1 is 1.23 bits per heavy atom. The van der Waals surface area contributed by atoms with Gasteiger partial charge in [0.05, 0.1) is 10.0 Å². The molecule has 0 saturated heterocycles. The zero-order valence-electron chi connectivity index (χ0n) is 6.43. The minimum absolute atomic E-state index is 0.450. The van der Waals surface area contributed by atoms with Gasteiger partial charge in [0.2, 0.25) is 5.24 Å². The van der Waals surface area contributed by atoms with Crippen LogP contribution in [0.4, 0.5) is 0 Å². The highest BCUT2D eigenvalue weighted by Crippen LogP contribution is 2.23. The smallest absolute Gasteiger partial charge is 0.245 e. The fourth-order valence-electron chi connectivity index (χ4n) is 0.778. The number of carbonyl (C=O) groups excluding carboxylic acids is 1. The standard InChI is InChI=1S/C9H5Cl3O/c10-7-3-1-6(5-8(7)11)2-4-9(12)13/h1-5H/b4-2+. The topological polar surface area (TPSA) is 17.1 Å². The Hall–Kier alpha value is -0.500. The molecule has 0 aliphatic carbocycles. The van der Waals surface area contributed by atoms with E-state index in [9.17, 15) is 4.79 Å². The number of carbonyl (C=O) groups is 1. The van der Waals surface area contributed by atoms with Gasteiger partial charge in [-0.25, -0.2) is 0 Å². The fraction of sp³-hybridized carbons (Fsp3) is 0. The first-order valence-electron chi connectivity index (χ1n) is 3.42. The molecule has 0 N–H and O–H groups in total. The lowest BCUT2D eigenvalue weighted by atomic mass is 10.2. The maximum absolute atomic E-state index is 10.4. The van der Waals surface area contributed by atoms with Gasteiger partial charge >= 0.3 is 0 Å². The van der Waals surface area contributed by atoms with Crippen molar-refractivity contribution >= 4 is 46.1 Å². The van der Waals surface area contributed by atoms with E-state index in [-0.39, 0.29) is 0 Å². The third-order valence-electron chi connectivity index (χ3n) is 1.35. The lowest BCUT2D eigenvalue weighted by Gasteiger charge is -1.96. The monoisotopic (exact) mass is 234 g/mol. The molecule has 68 valence electrons. The molecule has 1 nitrogen and oxygen atoms in total. The molecule has 0 spiro atoms. The summed E-state index contributed by atoms with van der Waals surface area (Å²) < 4.78 is 0. The van der Waals surface area contributed by atoms with Crippen molar-refractivity contribution in [3.8, 4) is 0 Å². The second kappa shape index (κ2) is 4.66. The van der Waals surface area contributed by atoms with E-state index in [0.29, 0.717) is 10.0 Å². The Bertz CT molecular complexity index is 358. The van der Waals surface area contributed by atoms with E-state index in [1.54, 1.807) is 24.3 Å². The van der Waals surface area contributed by atoms with Crippen molar-refractivity contribution in [3.63, 3.8) is 0 Å². The summed E-state index contributed by atoms with van der Waals surface area (Å²) in [6.07, 6.45) is 2.82. The van der Waals surface area contributed by atoms with Gasteiger partial charge in [-0.05, 0) is 35.4 Å². The number of allylic oxidation sites excluding steroid dienone is 1. The molecule has 4 heteroatoms. The van der Waals surface area contributed by atoms with Crippen LogP contribution in [0.15, 0.2) is 24.3 Å². The SMILES string of the molecule is O=C(Cl)/C=C/c1ccc(Cl)c(Cl)c1. The molecule has 0 unspecified atom stereocenters. The zero-order valence-corrected chi connectivity index (χ0v) is 8.70. The predicted molar refractivity (Wildman–Crippen MR) is 56.4 cm³/mol. The van der Waals surface area contributed by atoms with E-state index in [4.69, 9.17) is 34.8 Å². The summed E-state index contributed by atoms with van der Waals surface area (Å²) in [6, 6.07) is 5.05. The number of halogens is 3. The van der Waals surface area contributed by atoms with Gasteiger partial charge in [-0.3, -0.25) is 4.79 Å². The average molecular weight is 235 g/mol. The first kappa shape index (κ1) is 10.6. The van der Waals surface area contributed by atoms with E-state index in [0.717, 1.165) is 5.56 Å². The van der Waals surface area contributed by atoms with Crippen LogP contribution in [0.1, 0.15) is 5.56 Å². The molecule has 13 heavy (non-hydrogen) atoms. The Morgan fingerprint density at radius 2 is 1.92 bits per heavy atom. The van der Waals surface area contributed by atoms with E-state index >= 15 is 0 Å². The summed E-state index contributed by atoms with van der Waals surface area (Å²) in [7, 11) is 0. The molecule has 0 saturated carbocycles. The second-order valence-electron chi connectivity index (χ2n) is 2.31. The molecule has 1 aromatic carbocycles. The average Bonchev–Trinajstić information content (AvgIpc) is 2.07. The van der Waals surface area contributed by atoms with Crippen LogP contribution in [0.2, 0.25) is 10.0 Å². The third kappa shape index (κ3) is 3.39. The number of hydrogen-bond donors (Lipinski definition) is 0. The van der Waals surface area contributed by atoms with Crippen LogP contribution < -0.4 is 0 Å². The summed E-state index contributed by atoms with van der Waals surface area (Å²) in [5.74, 6) is 0. The summed E-state index contributed by atoms with van der Waals surface area (Å²) in [6.45, 7) is 0. The van der Waals surface area contributed by atoms with Gasteiger partial charge < -0.3 is 0 Å². The van der Waals surface area contributed by atoms with Gasteiger partial charge in [0, 0.05) is 0 Å². The molecule has 0 amide bonds. The maximum atomic E-state index is 10.4. The van der Waals surface area contributed by atoms with Gasteiger partial charge in [-0.15, -0.1) is 0 Å². The minimum Gasteiger partial charge on any atom is -0.276 e. The zero-order chi connectivity index (χ0) is 9.84. The maximum Gasteiger partial charge on any atom is 0.245 e. The van der Waals surface area contributed by atoms with E-state index in [1.165, 1.54) is 6.08 Å². The third-order valence-corrected chi connectivity index (χ3v) is 2.22. The van der Waals surface area contributed by atoms with Crippen LogP contribution in [0, 0.1) is 0 Å². The Labute approximate surface area is 90.9 Å². The molecular weight excluding hydrogens is 230 g/mol. The number of rotatable bonds is 2. The molecule has 0 fully saturated rings. The minimum atomic E-state index is -0.522. The Balaban J connectivity index is 2.92. The van der Waals surface area contributed by atoms with E-state index in [2.05, 4.69) is 0 Å². The molecule has 0 aromatic heterocycles. The molecule has 0 aliphatic rings. The van der Waals surface area contributed by atoms with Gasteiger partial charge in [0.1, 0.15) is 0 Å². The Kier molecular flexibility index (Phi) is 3.79. The van der Waals surface area contributed by atoms with Crippen molar-refractivity contribution in [2.24, 2.45) is 0 Å². The molecule has 1 aromatic rings. The molecular formula is C9H5Cl3O. The largest absolute Gasteiger partial charge is 0.276 e. The highest BCUT2D eigenvalue weighted by molar-refractivity contribution is 6.66. The lowest BCUT2D eigenvalue weighted by Crippen LogP contribution is -1.77. The normalized spacial score (nSPS) is 10.7. The molecule has 0 atom stereocenters. The van der Waals surface area contributed by atoms with Crippen molar-refractivity contribution in [3.05, 3.63) is 39.9 Å². The van der Waals surface area contributed by atoms with E-state index in [1.807, 2.05) is 0 Å². The van der Waals surface area contributed by atoms with Gasteiger partial charge in [0.15, 0.2) is 0 Å². The Morgan fingerprint density at radius 3 is 2.46 bits per heavy atom.